The molecule has 1 fully saturated rings. The Balaban J connectivity index is 2.01. The Morgan fingerprint density at radius 3 is 2.95 bits per heavy atom. The normalized spacial score (nSPS) is 22.8. The van der Waals surface area contributed by atoms with Crippen molar-refractivity contribution in [2.45, 2.75) is 31.4 Å². The van der Waals surface area contributed by atoms with E-state index in [1.807, 2.05) is 18.2 Å². The van der Waals surface area contributed by atoms with Gasteiger partial charge in [0.05, 0.1) is 29.2 Å². The second-order valence-corrected chi connectivity index (χ2v) is 5.97. The van der Waals surface area contributed by atoms with E-state index in [1.54, 1.807) is 6.20 Å². The van der Waals surface area contributed by atoms with Crippen molar-refractivity contribution in [3.63, 3.8) is 0 Å². The highest BCUT2D eigenvalue weighted by Gasteiger charge is 2.23. The van der Waals surface area contributed by atoms with Crippen molar-refractivity contribution in [2.24, 2.45) is 0 Å². The molecule has 0 bridgehead atoms. The molecular formula is C14H16BrN3O. The van der Waals surface area contributed by atoms with Crippen LogP contribution in [0.2, 0.25) is 0 Å². The first kappa shape index (κ1) is 12.7. The van der Waals surface area contributed by atoms with Crippen molar-refractivity contribution >= 4 is 38.2 Å². The maximum Gasteiger partial charge on any atom is 0.0743 e. The number of nitrogens with two attached hydrogens (primary N) is 1. The van der Waals surface area contributed by atoms with Crippen LogP contribution in [0.25, 0.3) is 10.9 Å². The lowest BCUT2D eigenvalue weighted by molar-refractivity contribution is 0.182. The van der Waals surface area contributed by atoms with Crippen LogP contribution in [-0.2, 0) is 0 Å². The topological polar surface area (TPSA) is 71.2 Å². The molecule has 3 rings (SSSR count). The molecule has 4 nitrogen and oxygen atoms in total. The number of aromatic nitrogens is 1. The summed E-state index contributed by atoms with van der Waals surface area (Å²) < 4.78 is 1.00. The monoisotopic (exact) mass is 321 g/mol. The average molecular weight is 322 g/mol. The number of aliphatic hydroxyl groups excluding tert-OH is 1. The van der Waals surface area contributed by atoms with Crippen LogP contribution in [0.1, 0.15) is 19.3 Å². The van der Waals surface area contributed by atoms with Crippen LogP contribution in [0.5, 0.6) is 0 Å². The van der Waals surface area contributed by atoms with Gasteiger partial charge in [-0.2, -0.15) is 0 Å². The van der Waals surface area contributed by atoms with Crippen LogP contribution in [0.3, 0.4) is 0 Å². The number of pyridine rings is 1. The number of nitrogens with one attached hydrogen (secondary N) is 1. The predicted octanol–water partition coefficient (Wildman–Crippen LogP) is 2.90. The second kappa shape index (κ2) is 4.98. The number of benzene rings is 1. The van der Waals surface area contributed by atoms with Gasteiger partial charge in [0.2, 0.25) is 0 Å². The fraction of sp³-hybridized carbons (Fsp3) is 0.357. The summed E-state index contributed by atoms with van der Waals surface area (Å²) in [5.41, 5.74) is 8.53. The highest BCUT2D eigenvalue weighted by molar-refractivity contribution is 9.10. The van der Waals surface area contributed by atoms with Gasteiger partial charge in [-0.25, -0.2) is 0 Å². The smallest absolute Gasteiger partial charge is 0.0743 e. The number of nitrogen functional groups attached to an aromatic ring is 1. The van der Waals surface area contributed by atoms with Crippen molar-refractivity contribution in [3.05, 3.63) is 28.9 Å². The van der Waals surface area contributed by atoms with Crippen molar-refractivity contribution in [1.82, 2.24) is 4.98 Å². The summed E-state index contributed by atoms with van der Waals surface area (Å²) in [6.45, 7) is 0. The first-order valence-corrected chi connectivity index (χ1v) is 7.21. The van der Waals surface area contributed by atoms with Crippen LogP contribution in [-0.4, -0.2) is 22.2 Å². The predicted molar refractivity (Wildman–Crippen MR) is 81.1 cm³/mol. The molecule has 1 aromatic carbocycles. The zero-order valence-corrected chi connectivity index (χ0v) is 12.0. The molecule has 5 heteroatoms. The summed E-state index contributed by atoms with van der Waals surface area (Å²) in [6, 6.07) is 6.23. The summed E-state index contributed by atoms with van der Waals surface area (Å²) in [7, 11) is 0. The molecule has 0 amide bonds. The van der Waals surface area contributed by atoms with Crippen molar-refractivity contribution < 1.29 is 5.11 Å². The molecule has 2 unspecified atom stereocenters. The number of anilines is 2. The van der Waals surface area contributed by atoms with Gasteiger partial charge in [0.15, 0.2) is 0 Å². The lowest BCUT2D eigenvalue weighted by Gasteiger charge is -2.17. The minimum Gasteiger partial charge on any atom is -0.396 e. The molecule has 4 N–H and O–H groups in total. The number of halogens is 1. The van der Waals surface area contributed by atoms with Crippen LogP contribution >= 0.6 is 15.9 Å². The molecule has 1 aromatic heterocycles. The number of nitrogens with zero attached hydrogens (tertiary/aromatic N) is 1. The largest absolute Gasteiger partial charge is 0.396 e. The Bertz CT molecular complexity index is 612. The maximum atomic E-state index is 9.61. The van der Waals surface area contributed by atoms with Crippen molar-refractivity contribution in [1.29, 1.82) is 0 Å². The lowest BCUT2D eigenvalue weighted by atomic mass is 10.1. The van der Waals surface area contributed by atoms with Gasteiger partial charge in [-0.15, -0.1) is 0 Å². The first-order chi connectivity index (χ1) is 9.13. The quantitative estimate of drug-likeness (QED) is 0.795. The first-order valence-electron chi connectivity index (χ1n) is 6.42. The summed E-state index contributed by atoms with van der Waals surface area (Å²) in [5.74, 6) is 0. The van der Waals surface area contributed by atoms with Gasteiger partial charge in [0.1, 0.15) is 0 Å². The summed E-state index contributed by atoms with van der Waals surface area (Å²) in [5, 5.41) is 14.1. The van der Waals surface area contributed by atoms with E-state index < -0.39 is 0 Å². The van der Waals surface area contributed by atoms with Crippen molar-refractivity contribution in [3.8, 4) is 0 Å². The molecule has 1 aliphatic carbocycles. The number of rotatable bonds is 2. The molecule has 2 atom stereocenters. The van der Waals surface area contributed by atoms with E-state index in [0.717, 1.165) is 40.3 Å². The molecule has 100 valence electrons. The maximum absolute atomic E-state index is 9.61. The van der Waals surface area contributed by atoms with E-state index in [4.69, 9.17) is 5.73 Å². The Morgan fingerprint density at radius 2 is 2.21 bits per heavy atom. The molecule has 0 radical (unpaired) electrons. The van der Waals surface area contributed by atoms with Crippen LogP contribution in [0, 0.1) is 0 Å². The van der Waals surface area contributed by atoms with E-state index in [9.17, 15) is 5.11 Å². The molecule has 0 saturated heterocycles. The van der Waals surface area contributed by atoms with Gasteiger partial charge < -0.3 is 16.2 Å². The van der Waals surface area contributed by atoms with E-state index in [0.29, 0.717) is 5.69 Å². The Morgan fingerprint density at radius 1 is 1.37 bits per heavy atom. The van der Waals surface area contributed by atoms with E-state index in [2.05, 4.69) is 26.2 Å². The standard InChI is InChI=1S/C14H16BrN3O/c15-8-1-4-13-11(5-8)14(12(16)7-17-13)18-9-2-3-10(19)6-9/h1,4-5,7,9-10,19H,2-3,6,16H2,(H,17,18). The summed E-state index contributed by atoms with van der Waals surface area (Å²) in [4.78, 5) is 4.34. The molecule has 19 heavy (non-hydrogen) atoms. The molecule has 0 aliphatic heterocycles. The van der Waals surface area contributed by atoms with E-state index >= 15 is 0 Å². The Labute approximate surface area is 120 Å². The van der Waals surface area contributed by atoms with Gasteiger partial charge in [-0.3, -0.25) is 4.98 Å². The van der Waals surface area contributed by atoms with E-state index in [1.165, 1.54) is 0 Å². The van der Waals surface area contributed by atoms with Gasteiger partial charge >= 0.3 is 0 Å². The number of hydrogen-bond acceptors (Lipinski definition) is 4. The molecule has 1 aliphatic rings. The van der Waals surface area contributed by atoms with Gasteiger partial charge in [0, 0.05) is 15.9 Å². The average Bonchev–Trinajstić information content (AvgIpc) is 2.79. The molecule has 2 aromatic rings. The van der Waals surface area contributed by atoms with Crippen molar-refractivity contribution in [2.75, 3.05) is 11.1 Å². The summed E-state index contributed by atoms with van der Waals surface area (Å²) >= 11 is 3.48. The van der Waals surface area contributed by atoms with Crippen LogP contribution in [0.15, 0.2) is 28.9 Å². The number of aliphatic hydroxyl groups is 1. The molecular weight excluding hydrogens is 306 g/mol. The number of hydrogen-bond donors (Lipinski definition) is 3. The molecule has 0 spiro atoms. The lowest BCUT2D eigenvalue weighted by Crippen LogP contribution is -2.17. The van der Waals surface area contributed by atoms with Gasteiger partial charge in [-0.05, 0) is 37.5 Å². The fourth-order valence-corrected chi connectivity index (χ4v) is 3.00. The third-order valence-corrected chi connectivity index (χ3v) is 4.11. The SMILES string of the molecule is Nc1cnc2ccc(Br)cc2c1NC1CCC(O)C1. The third kappa shape index (κ3) is 2.53. The highest BCUT2D eigenvalue weighted by Crippen LogP contribution is 2.33. The molecule has 1 heterocycles. The fourth-order valence-electron chi connectivity index (χ4n) is 2.63. The van der Waals surface area contributed by atoms with E-state index in [-0.39, 0.29) is 12.1 Å². The van der Waals surface area contributed by atoms with Gasteiger partial charge in [-0.1, -0.05) is 15.9 Å². The minimum atomic E-state index is -0.196. The zero-order chi connectivity index (χ0) is 13.4. The third-order valence-electron chi connectivity index (χ3n) is 3.61. The van der Waals surface area contributed by atoms with Crippen LogP contribution < -0.4 is 11.1 Å². The van der Waals surface area contributed by atoms with Gasteiger partial charge in [0.25, 0.3) is 0 Å². The number of fused-ring (bicyclic) bond motifs is 1. The second-order valence-electron chi connectivity index (χ2n) is 5.06. The minimum absolute atomic E-state index is 0.196. The highest BCUT2D eigenvalue weighted by atomic mass is 79.9. The zero-order valence-electron chi connectivity index (χ0n) is 10.4. The summed E-state index contributed by atoms with van der Waals surface area (Å²) in [6.07, 6.45) is 4.09. The molecule has 1 saturated carbocycles. The van der Waals surface area contributed by atoms with Crippen LogP contribution in [0.4, 0.5) is 11.4 Å². The Kier molecular flexibility index (Phi) is 3.33. The Hall–Kier alpha value is -1.33.